The average Bonchev–Trinajstić information content (AvgIpc) is 2.26. The lowest BCUT2D eigenvalue weighted by Crippen LogP contribution is -2.67. The zero-order valence-corrected chi connectivity index (χ0v) is 9.94. The fourth-order valence-corrected chi connectivity index (χ4v) is 2.30. The van der Waals surface area contributed by atoms with Gasteiger partial charge in [0.25, 0.3) is 0 Å². The van der Waals surface area contributed by atoms with Gasteiger partial charge in [-0.25, -0.2) is 4.98 Å². The molecular weight excluding hydrogens is 202 g/mol. The third-order valence-electron chi connectivity index (χ3n) is 3.03. The number of nitrogens with two attached hydrogens (primary N) is 1. The summed E-state index contributed by atoms with van der Waals surface area (Å²) in [6.07, 6.45) is 3.98. The minimum Gasteiger partial charge on any atom is -0.493 e. The Balaban J connectivity index is 2.06. The maximum Gasteiger partial charge on any atom is 0.171 e. The van der Waals surface area contributed by atoms with Gasteiger partial charge in [-0.2, -0.15) is 0 Å². The van der Waals surface area contributed by atoms with E-state index in [0.29, 0.717) is 0 Å². The Morgan fingerprint density at radius 3 is 2.94 bits per heavy atom. The van der Waals surface area contributed by atoms with Crippen LogP contribution in [0.1, 0.15) is 19.8 Å². The van der Waals surface area contributed by atoms with Crippen LogP contribution in [0.3, 0.4) is 0 Å². The summed E-state index contributed by atoms with van der Waals surface area (Å²) in [5.41, 5.74) is 6.19. The molecule has 1 fully saturated rings. The van der Waals surface area contributed by atoms with Gasteiger partial charge < -0.3 is 15.4 Å². The molecule has 0 spiro atoms. The second kappa shape index (κ2) is 4.29. The quantitative estimate of drug-likeness (QED) is 0.835. The molecule has 0 aromatic carbocycles. The molecule has 1 aliphatic rings. The first-order valence-corrected chi connectivity index (χ1v) is 5.71. The molecule has 0 unspecified atom stereocenters. The highest BCUT2D eigenvalue weighted by molar-refractivity contribution is 5.55. The zero-order chi connectivity index (χ0) is 11.6. The largest absolute Gasteiger partial charge is 0.493 e. The maximum atomic E-state index is 6.22. The monoisotopic (exact) mass is 221 g/mol. The molecule has 2 N–H and O–H groups in total. The predicted molar refractivity (Wildman–Crippen MR) is 64.8 cm³/mol. The van der Waals surface area contributed by atoms with Crippen LogP contribution in [-0.2, 0) is 0 Å². The summed E-state index contributed by atoms with van der Waals surface area (Å²) in [6.45, 7) is 3.90. The number of ether oxygens (including phenoxy) is 1. The third kappa shape index (κ3) is 1.97. The Bertz CT molecular complexity index is 361. The molecule has 0 amide bonds. The first-order chi connectivity index (χ1) is 7.68. The van der Waals surface area contributed by atoms with Gasteiger partial charge in [-0.3, -0.25) is 0 Å². The summed E-state index contributed by atoms with van der Waals surface area (Å²) in [7, 11) is 1.67. The summed E-state index contributed by atoms with van der Waals surface area (Å²) >= 11 is 0. The van der Waals surface area contributed by atoms with Gasteiger partial charge in [0, 0.05) is 19.3 Å². The van der Waals surface area contributed by atoms with Gasteiger partial charge >= 0.3 is 0 Å². The lowest BCUT2D eigenvalue weighted by atomic mass is 9.86. The highest BCUT2D eigenvalue weighted by Crippen LogP contribution is 2.33. The van der Waals surface area contributed by atoms with Crippen molar-refractivity contribution in [2.24, 2.45) is 5.73 Å². The van der Waals surface area contributed by atoms with Crippen LogP contribution in [0.5, 0.6) is 5.75 Å². The second-order valence-corrected chi connectivity index (χ2v) is 4.50. The minimum absolute atomic E-state index is 0.0305. The Morgan fingerprint density at radius 1 is 1.56 bits per heavy atom. The average molecular weight is 221 g/mol. The van der Waals surface area contributed by atoms with Gasteiger partial charge in [0.15, 0.2) is 11.6 Å². The number of methoxy groups -OCH3 is 1. The molecule has 1 aromatic rings. The summed E-state index contributed by atoms with van der Waals surface area (Å²) in [5.74, 6) is 1.73. The summed E-state index contributed by atoms with van der Waals surface area (Å²) in [6, 6.07) is 3.81. The number of rotatable bonds is 4. The van der Waals surface area contributed by atoms with Crippen LogP contribution in [0.25, 0.3) is 0 Å². The van der Waals surface area contributed by atoms with Gasteiger partial charge in [-0.1, -0.05) is 13.3 Å². The molecule has 88 valence electrons. The zero-order valence-electron chi connectivity index (χ0n) is 9.94. The number of hydrogen-bond donors (Lipinski definition) is 1. The van der Waals surface area contributed by atoms with Crippen LogP contribution in [0.2, 0.25) is 0 Å². The van der Waals surface area contributed by atoms with Crippen LogP contribution < -0.4 is 15.4 Å². The van der Waals surface area contributed by atoms with E-state index in [9.17, 15) is 0 Å². The lowest BCUT2D eigenvalue weighted by molar-refractivity contribution is 0.301. The van der Waals surface area contributed by atoms with Crippen LogP contribution in [0.15, 0.2) is 18.3 Å². The van der Waals surface area contributed by atoms with E-state index in [-0.39, 0.29) is 5.54 Å². The van der Waals surface area contributed by atoms with E-state index in [4.69, 9.17) is 10.5 Å². The molecule has 0 aliphatic carbocycles. The van der Waals surface area contributed by atoms with E-state index in [2.05, 4.69) is 16.8 Å². The van der Waals surface area contributed by atoms with Crippen molar-refractivity contribution in [3.05, 3.63) is 18.3 Å². The van der Waals surface area contributed by atoms with E-state index in [1.807, 2.05) is 12.1 Å². The highest BCUT2D eigenvalue weighted by atomic mass is 16.5. The maximum absolute atomic E-state index is 6.22. The molecule has 2 heterocycles. The van der Waals surface area contributed by atoms with Crippen molar-refractivity contribution in [3.63, 3.8) is 0 Å². The smallest absolute Gasteiger partial charge is 0.171 e. The van der Waals surface area contributed by atoms with E-state index >= 15 is 0 Å². The van der Waals surface area contributed by atoms with Crippen LogP contribution in [0, 0.1) is 0 Å². The van der Waals surface area contributed by atoms with Gasteiger partial charge in [0.1, 0.15) is 0 Å². The van der Waals surface area contributed by atoms with Crippen molar-refractivity contribution in [1.82, 2.24) is 4.98 Å². The summed E-state index contributed by atoms with van der Waals surface area (Å²) < 4.78 is 5.29. The lowest BCUT2D eigenvalue weighted by Gasteiger charge is -2.48. The molecular formula is C12H19N3O. The van der Waals surface area contributed by atoms with Crippen molar-refractivity contribution >= 4 is 5.82 Å². The number of hydrogen-bond acceptors (Lipinski definition) is 4. The number of nitrogens with zero attached hydrogens (tertiary/aromatic N) is 2. The minimum atomic E-state index is -0.0305. The molecule has 0 radical (unpaired) electrons. The Labute approximate surface area is 96.4 Å². The van der Waals surface area contributed by atoms with E-state index < -0.39 is 0 Å². The van der Waals surface area contributed by atoms with Crippen LogP contribution in [0.4, 0.5) is 5.82 Å². The van der Waals surface area contributed by atoms with E-state index in [1.54, 1.807) is 13.3 Å². The van der Waals surface area contributed by atoms with E-state index in [1.165, 1.54) is 0 Å². The SMILES string of the molecule is CCCC1(N)CN(c2ncccc2OC)C1. The number of pyridine rings is 1. The molecule has 2 rings (SSSR count). The molecule has 1 saturated heterocycles. The first kappa shape index (κ1) is 11.2. The molecule has 16 heavy (non-hydrogen) atoms. The standard InChI is InChI=1S/C12H19N3O/c1-3-6-12(13)8-15(9-12)11-10(16-2)5-4-7-14-11/h4-5,7H,3,6,8-9,13H2,1-2H3. The van der Waals surface area contributed by atoms with Crippen molar-refractivity contribution in [1.29, 1.82) is 0 Å². The normalized spacial score (nSPS) is 18.1. The molecule has 0 bridgehead atoms. The van der Waals surface area contributed by atoms with Crippen molar-refractivity contribution in [2.45, 2.75) is 25.3 Å². The Kier molecular flexibility index (Phi) is 3.01. The molecule has 0 atom stereocenters. The van der Waals surface area contributed by atoms with Crippen molar-refractivity contribution < 1.29 is 4.74 Å². The van der Waals surface area contributed by atoms with E-state index in [0.717, 1.165) is 37.5 Å². The number of aromatic nitrogens is 1. The molecule has 1 aliphatic heterocycles. The fourth-order valence-electron chi connectivity index (χ4n) is 2.30. The van der Waals surface area contributed by atoms with Gasteiger partial charge in [0.05, 0.1) is 12.6 Å². The summed E-state index contributed by atoms with van der Waals surface area (Å²) in [4.78, 5) is 6.52. The van der Waals surface area contributed by atoms with Gasteiger partial charge in [0.2, 0.25) is 0 Å². The first-order valence-electron chi connectivity index (χ1n) is 5.71. The Hall–Kier alpha value is -1.29. The van der Waals surface area contributed by atoms with Gasteiger partial charge in [-0.15, -0.1) is 0 Å². The van der Waals surface area contributed by atoms with Crippen molar-refractivity contribution in [2.75, 3.05) is 25.1 Å². The number of anilines is 1. The molecule has 4 nitrogen and oxygen atoms in total. The second-order valence-electron chi connectivity index (χ2n) is 4.50. The molecule has 0 saturated carbocycles. The molecule has 1 aromatic heterocycles. The molecule has 4 heteroatoms. The fraction of sp³-hybridized carbons (Fsp3) is 0.583. The van der Waals surface area contributed by atoms with Crippen LogP contribution in [-0.4, -0.2) is 30.7 Å². The van der Waals surface area contributed by atoms with Crippen molar-refractivity contribution in [3.8, 4) is 5.75 Å². The topological polar surface area (TPSA) is 51.4 Å². The third-order valence-corrected chi connectivity index (χ3v) is 3.03. The summed E-state index contributed by atoms with van der Waals surface area (Å²) in [5, 5.41) is 0. The Morgan fingerprint density at radius 2 is 2.31 bits per heavy atom. The predicted octanol–water partition coefficient (Wildman–Crippen LogP) is 1.41. The van der Waals surface area contributed by atoms with Gasteiger partial charge in [-0.05, 0) is 18.6 Å². The van der Waals surface area contributed by atoms with Crippen LogP contribution >= 0.6 is 0 Å². The highest BCUT2D eigenvalue weighted by Gasteiger charge is 2.40.